The molecule has 0 spiro atoms. The van der Waals surface area contributed by atoms with E-state index in [1.165, 1.54) is 11.1 Å². The Morgan fingerprint density at radius 2 is 1.35 bits per heavy atom. The average Bonchev–Trinajstić information content (AvgIpc) is 2.78. The minimum atomic E-state index is -0.439. The van der Waals surface area contributed by atoms with Gasteiger partial charge in [0.05, 0.1) is 7.11 Å². The van der Waals surface area contributed by atoms with E-state index in [1.807, 2.05) is 36.4 Å². The summed E-state index contributed by atoms with van der Waals surface area (Å²) in [6, 6.07) is 24.1. The molecule has 0 aliphatic carbocycles. The standard InChI is InChI=1S/C28H34O3/c1-6-21(19-20(2)22-7-13-25(29)14-8-22)23-9-15-27(16-10-23)31-28(3,4)24-11-17-26(30-5)18-12-24/h7-18,20-21,29H,6,19H2,1-5H3. The van der Waals surface area contributed by atoms with Gasteiger partial charge in [0.2, 0.25) is 0 Å². The molecule has 2 atom stereocenters. The van der Waals surface area contributed by atoms with Gasteiger partial charge in [-0.3, -0.25) is 0 Å². The van der Waals surface area contributed by atoms with Crippen LogP contribution in [0.25, 0.3) is 0 Å². The summed E-state index contributed by atoms with van der Waals surface area (Å²) in [5, 5.41) is 9.53. The largest absolute Gasteiger partial charge is 0.508 e. The quantitative estimate of drug-likeness (QED) is 0.393. The Labute approximate surface area is 186 Å². The second-order valence-corrected chi connectivity index (χ2v) is 8.74. The molecule has 0 radical (unpaired) electrons. The third kappa shape index (κ3) is 5.81. The maximum Gasteiger partial charge on any atom is 0.128 e. The van der Waals surface area contributed by atoms with Crippen LogP contribution in [0.2, 0.25) is 0 Å². The molecule has 164 valence electrons. The number of ether oxygens (including phenoxy) is 2. The summed E-state index contributed by atoms with van der Waals surface area (Å²) < 4.78 is 11.6. The molecule has 31 heavy (non-hydrogen) atoms. The number of hydrogen-bond donors (Lipinski definition) is 1. The number of benzene rings is 3. The van der Waals surface area contributed by atoms with Crippen molar-refractivity contribution < 1.29 is 14.6 Å². The molecule has 0 fully saturated rings. The average molecular weight is 419 g/mol. The van der Waals surface area contributed by atoms with Crippen LogP contribution in [0, 0.1) is 0 Å². The Hall–Kier alpha value is -2.94. The maximum atomic E-state index is 9.53. The van der Waals surface area contributed by atoms with Crippen molar-refractivity contribution in [3.63, 3.8) is 0 Å². The molecule has 0 saturated carbocycles. The summed E-state index contributed by atoms with van der Waals surface area (Å²) in [6.07, 6.45) is 2.15. The van der Waals surface area contributed by atoms with Gasteiger partial charge in [-0.25, -0.2) is 0 Å². The second-order valence-electron chi connectivity index (χ2n) is 8.74. The van der Waals surface area contributed by atoms with Crippen LogP contribution >= 0.6 is 0 Å². The lowest BCUT2D eigenvalue weighted by atomic mass is 9.84. The van der Waals surface area contributed by atoms with E-state index in [0.29, 0.717) is 17.6 Å². The van der Waals surface area contributed by atoms with Gasteiger partial charge in [-0.2, -0.15) is 0 Å². The van der Waals surface area contributed by atoms with Crippen molar-refractivity contribution in [1.82, 2.24) is 0 Å². The first-order valence-electron chi connectivity index (χ1n) is 11.0. The Morgan fingerprint density at radius 1 is 0.806 bits per heavy atom. The van der Waals surface area contributed by atoms with E-state index in [9.17, 15) is 5.11 Å². The molecule has 3 aromatic rings. The molecule has 0 amide bonds. The van der Waals surface area contributed by atoms with Crippen molar-refractivity contribution >= 4 is 0 Å². The van der Waals surface area contributed by atoms with Crippen LogP contribution in [-0.4, -0.2) is 12.2 Å². The number of rotatable bonds is 9. The molecule has 3 rings (SSSR count). The SMILES string of the molecule is CCC(CC(C)c1ccc(O)cc1)c1ccc(OC(C)(C)c2ccc(OC)cc2)cc1. The van der Waals surface area contributed by atoms with Gasteiger partial charge in [-0.1, -0.05) is 50.2 Å². The minimum absolute atomic E-state index is 0.316. The number of phenols is 1. The molecule has 0 aromatic heterocycles. The molecule has 2 unspecified atom stereocenters. The van der Waals surface area contributed by atoms with Gasteiger partial charge in [0.25, 0.3) is 0 Å². The van der Waals surface area contributed by atoms with Crippen molar-refractivity contribution in [3.8, 4) is 17.2 Å². The van der Waals surface area contributed by atoms with Gasteiger partial charge in [0.1, 0.15) is 22.8 Å². The summed E-state index contributed by atoms with van der Waals surface area (Å²) in [7, 11) is 1.67. The first-order valence-corrected chi connectivity index (χ1v) is 11.0. The molecule has 3 aromatic carbocycles. The Morgan fingerprint density at radius 3 is 1.90 bits per heavy atom. The van der Waals surface area contributed by atoms with E-state index in [2.05, 4.69) is 52.0 Å². The zero-order valence-electron chi connectivity index (χ0n) is 19.3. The summed E-state index contributed by atoms with van der Waals surface area (Å²) in [5.41, 5.74) is 3.26. The molecule has 0 saturated heterocycles. The van der Waals surface area contributed by atoms with Crippen LogP contribution in [0.15, 0.2) is 72.8 Å². The molecule has 1 N–H and O–H groups in total. The lowest BCUT2D eigenvalue weighted by Gasteiger charge is -2.28. The van der Waals surface area contributed by atoms with Gasteiger partial charge in [-0.05, 0) is 91.6 Å². The highest BCUT2D eigenvalue weighted by atomic mass is 16.5. The topological polar surface area (TPSA) is 38.7 Å². The lowest BCUT2D eigenvalue weighted by Crippen LogP contribution is -2.25. The third-order valence-electron chi connectivity index (χ3n) is 6.10. The number of aromatic hydroxyl groups is 1. The van der Waals surface area contributed by atoms with Crippen LogP contribution < -0.4 is 9.47 Å². The van der Waals surface area contributed by atoms with Crippen molar-refractivity contribution in [2.24, 2.45) is 0 Å². The van der Waals surface area contributed by atoms with E-state index in [1.54, 1.807) is 19.2 Å². The first kappa shape index (κ1) is 22.7. The predicted octanol–water partition coefficient (Wildman–Crippen LogP) is 7.40. The summed E-state index contributed by atoms with van der Waals surface area (Å²) in [5.74, 6) is 2.93. The van der Waals surface area contributed by atoms with Crippen LogP contribution in [0.4, 0.5) is 0 Å². The van der Waals surface area contributed by atoms with E-state index in [-0.39, 0.29) is 0 Å². The molecule has 0 heterocycles. The third-order valence-corrected chi connectivity index (χ3v) is 6.10. The Kier molecular flexibility index (Phi) is 7.27. The van der Waals surface area contributed by atoms with Gasteiger partial charge in [0.15, 0.2) is 0 Å². The zero-order chi connectivity index (χ0) is 22.4. The highest BCUT2D eigenvalue weighted by molar-refractivity contribution is 5.34. The van der Waals surface area contributed by atoms with Crippen molar-refractivity contribution in [2.45, 2.75) is 58.0 Å². The smallest absolute Gasteiger partial charge is 0.128 e. The van der Waals surface area contributed by atoms with E-state index < -0.39 is 5.60 Å². The molecular formula is C28H34O3. The Bertz CT molecular complexity index is 941. The fraction of sp³-hybridized carbons (Fsp3) is 0.357. The van der Waals surface area contributed by atoms with Gasteiger partial charge in [0, 0.05) is 0 Å². The maximum absolute atomic E-state index is 9.53. The minimum Gasteiger partial charge on any atom is -0.508 e. The van der Waals surface area contributed by atoms with Gasteiger partial charge < -0.3 is 14.6 Å². The number of phenolic OH excluding ortho intramolecular Hbond substituents is 1. The van der Waals surface area contributed by atoms with Crippen molar-refractivity contribution in [3.05, 3.63) is 89.5 Å². The molecular weight excluding hydrogens is 384 g/mol. The fourth-order valence-corrected chi connectivity index (χ4v) is 4.06. The summed E-state index contributed by atoms with van der Waals surface area (Å²) in [4.78, 5) is 0. The fourth-order valence-electron chi connectivity index (χ4n) is 4.06. The number of methoxy groups -OCH3 is 1. The zero-order valence-corrected chi connectivity index (χ0v) is 19.3. The van der Waals surface area contributed by atoms with Crippen LogP contribution in [0.1, 0.15) is 69.1 Å². The van der Waals surface area contributed by atoms with Crippen molar-refractivity contribution in [2.75, 3.05) is 7.11 Å². The first-order chi connectivity index (χ1) is 14.8. The number of hydrogen-bond acceptors (Lipinski definition) is 3. The predicted molar refractivity (Wildman–Crippen MR) is 127 cm³/mol. The molecule has 3 heteroatoms. The van der Waals surface area contributed by atoms with Crippen molar-refractivity contribution in [1.29, 1.82) is 0 Å². The lowest BCUT2D eigenvalue weighted by molar-refractivity contribution is 0.109. The summed E-state index contributed by atoms with van der Waals surface area (Å²) >= 11 is 0. The van der Waals surface area contributed by atoms with Crippen LogP contribution in [0.3, 0.4) is 0 Å². The van der Waals surface area contributed by atoms with Gasteiger partial charge in [-0.15, -0.1) is 0 Å². The van der Waals surface area contributed by atoms with Gasteiger partial charge >= 0.3 is 0 Å². The molecule has 0 aliphatic heterocycles. The monoisotopic (exact) mass is 418 g/mol. The molecule has 0 aliphatic rings. The van der Waals surface area contributed by atoms with E-state index >= 15 is 0 Å². The van der Waals surface area contributed by atoms with Crippen LogP contribution in [0.5, 0.6) is 17.2 Å². The summed E-state index contributed by atoms with van der Waals surface area (Å²) in [6.45, 7) is 8.66. The van der Waals surface area contributed by atoms with E-state index in [4.69, 9.17) is 9.47 Å². The second kappa shape index (κ2) is 9.91. The highest BCUT2D eigenvalue weighted by Crippen LogP contribution is 2.34. The molecule has 0 bridgehead atoms. The highest BCUT2D eigenvalue weighted by Gasteiger charge is 2.23. The normalized spacial score (nSPS) is 13.5. The van der Waals surface area contributed by atoms with Crippen LogP contribution in [-0.2, 0) is 5.60 Å². The molecule has 3 nitrogen and oxygen atoms in total. The Balaban J connectivity index is 1.67. The van der Waals surface area contributed by atoms with E-state index in [0.717, 1.165) is 29.9 Å².